The highest BCUT2D eigenvalue weighted by molar-refractivity contribution is 7.91. The molecule has 0 fully saturated rings. The van der Waals surface area contributed by atoms with Gasteiger partial charge in [-0.25, -0.2) is 8.42 Å². The summed E-state index contributed by atoms with van der Waals surface area (Å²) in [5, 5.41) is 5.48. The first-order chi connectivity index (χ1) is 13.2. The molecule has 0 aliphatic heterocycles. The third-order valence-electron chi connectivity index (χ3n) is 4.17. The van der Waals surface area contributed by atoms with E-state index in [1.54, 1.807) is 65.8 Å². The van der Waals surface area contributed by atoms with Gasteiger partial charge in [-0.2, -0.15) is 0 Å². The van der Waals surface area contributed by atoms with Crippen LogP contribution in [0.3, 0.4) is 0 Å². The van der Waals surface area contributed by atoms with Crippen molar-refractivity contribution in [2.45, 2.75) is 51.3 Å². The van der Waals surface area contributed by atoms with E-state index >= 15 is 0 Å². The highest BCUT2D eigenvalue weighted by atomic mass is 32.2. The van der Waals surface area contributed by atoms with Gasteiger partial charge in [0, 0.05) is 22.2 Å². The summed E-state index contributed by atoms with van der Waals surface area (Å²) in [6.45, 7) is 10.7. The summed E-state index contributed by atoms with van der Waals surface area (Å²) in [7, 11) is -3.83. The van der Waals surface area contributed by atoms with Gasteiger partial charge in [0.25, 0.3) is 0 Å². The minimum absolute atomic E-state index is 0.0588. The molecule has 2 N–H and O–H groups in total. The summed E-state index contributed by atoms with van der Waals surface area (Å²) in [6.07, 6.45) is 0. The van der Waals surface area contributed by atoms with Crippen LogP contribution in [0, 0.1) is 10.8 Å². The maximum atomic E-state index is 13.1. The molecule has 6 nitrogen and oxygen atoms in total. The van der Waals surface area contributed by atoms with Gasteiger partial charge in [0.05, 0.1) is 9.79 Å². The quantitative estimate of drug-likeness (QED) is 0.768. The highest BCUT2D eigenvalue weighted by Gasteiger charge is 2.24. The third-order valence-corrected chi connectivity index (χ3v) is 5.92. The van der Waals surface area contributed by atoms with Crippen molar-refractivity contribution < 1.29 is 18.0 Å². The van der Waals surface area contributed by atoms with Crippen molar-refractivity contribution in [1.82, 2.24) is 0 Å². The van der Waals surface area contributed by atoms with Crippen molar-refractivity contribution in [3.8, 4) is 0 Å². The zero-order chi connectivity index (χ0) is 22.0. The fourth-order valence-corrected chi connectivity index (χ4v) is 3.61. The van der Waals surface area contributed by atoms with Crippen LogP contribution < -0.4 is 10.6 Å². The number of hydrogen-bond donors (Lipinski definition) is 2. The Morgan fingerprint density at radius 3 is 1.34 bits per heavy atom. The molecule has 0 unspecified atom stereocenters. The second kappa shape index (κ2) is 7.99. The van der Waals surface area contributed by atoms with Crippen LogP contribution in [0.25, 0.3) is 0 Å². The summed E-state index contributed by atoms with van der Waals surface area (Å²) >= 11 is 0. The number of anilines is 2. The van der Waals surface area contributed by atoms with E-state index in [1.165, 1.54) is 24.3 Å². The van der Waals surface area contributed by atoms with Crippen LogP contribution in [0.4, 0.5) is 11.4 Å². The zero-order valence-electron chi connectivity index (χ0n) is 17.7. The molecule has 2 rings (SSSR count). The molecule has 29 heavy (non-hydrogen) atoms. The topological polar surface area (TPSA) is 92.3 Å². The average molecular weight is 417 g/mol. The SMILES string of the molecule is CC(C)(C)C(=O)Nc1cccc(S(=O)(=O)c2cccc(NC(=O)C(C)(C)C)c2)c1. The van der Waals surface area contributed by atoms with Gasteiger partial charge in [-0.3, -0.25) is 9.59 Å². The van der Waals surface area contributed by atoms with Crippen molar-refractivity contribution >= 4 is 33.0 Å². The molecule has 7 heteroatoms. The molecule has 0 radical (unpaired) electrons. The third kappa shape index (κ3) is 5.67. The molecule has 2 aromatic rings. The van der Waals surface area contributed by atoms with E-state index in [1.807, 2.05) is 0 Å². The van der Waals surface area contributed by atoms with Gasteiger partial charge < -0.3 is 10.6 Å². The lowest BCUT2D eigenvalue weighted by atomic mass is 9.95. The molecule has 0 aliphatic carbocycles. The van der Waals surface area contributed by atoms with Crippen LogP contribution >= 0.6 is 0 Å². The summed E-state index contributed by atoms with van der Waals surface area (Å²) in [6, 6.07) is 12.3. The van der Waals surface area contributed by atoms with Gasteiger partial charge in [0.1, 0.15) is 0 Å². The highest BCUT2D eigenvalue weighted by Crippen LogP contribution is 2.27. The maximum absolute atomic E-state index is 13.1. The van der Waals surface area contributed by atoms with E-state index < -0.39 is 20.7 Å². The normalized spacial score (nSPS) is 12.3. The summed E-state index contributed by atoms with van der Waals surface area (Å²) < 4.78 is 26.2. The molecule has 0 aliphatic rings. The summed E-state index contributed by atoms with van der Waals surface area (Å²) in [5.41, 5.74) is -0.394. The number of sulfone groups is 1. The lowest BCUT2D eigenvalue weighted by Gasteiger charge is -2.18. The number of carbonyl (C=O) groups excluding carboxylic acids is 2. The van der Waals surface area contributed by atoms with E-state index in [0.29, 0.717) is 11.4 Å². The lowest BCUT2D eigenvalue weighted by molar-refractivity contribution is -0.123. The minimum Gasteiger partial charge on any atom is -0.326 e. The van der Waals surface area contributed by atoms with Crippen molar-refractivity contribution in [1.29, 1.82) is 0 Å². The number of nitrogens with one attached hydrogen (secondary N) is 2. The lowest BCUT2D eigenvalue weighted by Crippen LogP contribution is -2.27. The Morgan fingerprint density at radius 2 is 1.03 bits per heavy atom. The van der Waals surface area contributed by atoms with E-state index in [2.05, 4.69) is 10.6 Å². The second-order valence-electron chi connectivity index (χ2n) is 8.97. The fourth-order valence-electron chi connectivity index (χ4n) is 2.26. The predicted octanol–water partition coefficient (Wildman–Crippen LogP) is 4.49. The van der Waals surface area contributed by atoms with Gasteiger partial charge in [-0.15, -0.1) is 0 Å². The van der Waals surface area contributed by atoms with Crippen LogP contribution in [-0.2, 0) is 19.4 Å². The molecule has 0 spiro atoms. The number of hydrogen-bond acceptors (Lipinski definition) is 4. The first kappa shape index (κ1) is 22.6. The molecular weight excluding hydrogens is 388 g/mol. The van der Waals surface area contributed by atoms with Gasteiger partial charge >= 0.3 is 0 Å². The molecule has 0 atom stereocenters. The van der Waals surface area contributed by atoms with Crippen LogP contribution in [-0.4, -0.2) is 20.2 Å². The Morgan fingerprint density at radius 1 is 0.690 bits per heavy atom. The predicted molar refractivity (Wildman–Crippen MR) is 115 cm³/mol. The first-order valence-corrected chi connectivity index (χ1v) is 10.8. The van der Waals surface area contributed by atoms with Gasteiger partial charge in [0.15, 0.2) is 0 Å². The van der Waals surface area contributed by atoms with Crippen molar-refractivity contribution in [3.05, 3.63) is 48.5 Å². The Labute approximate surface area is 172 Å². The van der Waals surface area contributed by atoms with Crippen molar-refractivity contribution in [3.63, 3.8) is 0 Å². The molecular formula is C22H28N2O4S. The van der Waals surface area contributed by atoms with Crippen LogP contribution in [0.1, 0.15) is 41.5 Å². The van der Waals surface area contributed by atoms with Crippen LogP contribution in [0.15, 0.2) is 58.3 Å². The molecule has 0 bridgehead atoms. The van der Waals surface area contributed by atoms with E-state index in [-0.39, 0.29) is 21.6 Å². The molecule has 156 valence electrons. The maximum Gasteiger partial charge on any atom is 0.229 e. The molecule has 0 heterocycles. The Hall–Kier alpha value is -2.67. The number of amides is 2. The average Bonchev–Trinajstić information content (AvgIpc) is 2.60. The standard InChI is InChI=1S/C22H28N2O4S/c1-21(2,3)19(25)23-15-9-7-11-17(13-15)29(27,28)18-12-8-10-16(14-18)24-20(26)22(4,5)6/h7-14H,1-6H3,(H,23,25)(H,24,26). The van der Waals surface area contributed by atoms with E-state index in [0.717, 1.165) is 0 Å². The molecule has 0 saturated heterocycles. The number of rotatable bonds is 4. The van der Waals surface area contributed by atoms with Gasteiger partial charge in [-0.05, 0) is 36.4 Å². The van der Waals surface area contributed by atoms with Crippen LogP contribution in [0.2, 0.25) is 0 Å². The minimum atomic E-state index is -3.83. The fraction of sp³-hybridized carbons (Fsp3) is 0.364. The Kier molecular flexibility index (Phi) is 6.23. The summed E-state index contributed by atoms with van der Waals surface area (Å²) in [5.74, 6) is -0.419. The monoisotopic (exact) mass is 416 g/mol. The zero-order valence-corrected chi connectivity index (χ0v) is 18.5. The molecule has 0 aromatic heterocycles. The first-order valence-electron chi connectivity index (χ1n) is 9.29. The Bertz CT molecular complexity index is 952. The van der Waals surface area contributed by atoms with Crippen molar-refractivity contribution in [2.24, 2.45) is 10.8 Å². The van der Waals surface area contributed by atoms with Gasteiger partial charge in [0.2, 0.25) is 21.7 Å². The van der Waals surface area contributed by atoms with Crippen LogP contribution in [0.5, 0.6) is 0 Å². The van der Waals surface area contributed by atoms with E-state index in [4.69, 9.17) is 0 Å². The van der Waals surface area contributed by atoms with Crippen molar-refractivity contribution in [2.75, 3.05) is 10.6 Å². The molecule has 0 saturated carbocycles. The largest absolute Gasteiger partial charge is 0.326 e. The number of carbonyl (C=O) groups is 2. The smallest absolute Gasteiger partial charge is 0.229 e. The summed E-state index contributed by atoms with van der Waals surface area (Å²) in [4.78, 5) is 24.5. The van der Waals surface area contributed by atoms with Gasteiger partial charge in [-0.1, -0.05) is 53.7 Å². The molecule has 2 aromatic carbocycles. The van der Waals surface area contributed by atoms with E-state index in [9.17, 15) is 18.0 Å². The molecule has 2 amide bonds. The number of benzene rings is 2. The second-order valence-corrected chi connectivity index (χ2v) is 10.9. The Balaban J connectivity index is 2.34.